The van der Waals surface area contributed by atoms with Crippen molar-refractivity contribution in [1.82, 2.24) is 56.0 Å². The summed E-state index contributed by atoms with van der Waals surface area (Å²) >= 11 is 1.41. The van der Waals surface area contributed by atoms with E-state index in [4.69, 9.17) is 5.73 Å². The van der Waals surface area contributed by atoms with E-state index in [0.29, 0.717) is 38.0 Å². The summed E-state index contributed by atoms with van der Waals surface area (Å²) in [6.07, 6.45) is 7.71. The van der Waals surface area contributed by atoms with E-state index in [0.717, 1.165) is 32.1 Å². The third-order valence-electron chi connectivity index (χ3n) is 17.0. The fourth-order valence-corrected chi connectivity index (χ4v) is 12.2. The van der Waals surface area contributed by atoms with Crippen LogP contribution in [0.2, 0.25) is 0 Å². The largest absolute Gasteiger partial charge is 0.396 e. The molecule has 0 saturated heterocycles. The standard InChI is InChI=1S/C68H128N12O12S/c1-23-50(73-63(87)54(75(17)57(82)38-46(10)11)39-48(14)30-26-24-25-27-31-69)65(89)80(22)56(41-93-33-29-28-32-81)67(91)78(20)53(36-44(6)7)64(88)74-59(47(12)13)68(92)79(21)52(35-43(4)5)62(86)72-49(15)60(84)71-40-58(83)76(18)55(37-45(8)9)66(90)77(19)51(34-42(2)3)61(85)70-16/h42-56,59,81H,23-41,69H2,1-22H3,(H,70,85)(H,71,84)(H,72,86)(H,73,87)(H,74,88)/t48-,49-,50+,51+,52+,53+,54?,55+,56-,59+/m1/s1. The van der Waals surface area contributed by atoms with Gasteiger partial charge >= 0.3 is 0 Å². The van der Waals surface area contributed by atoms with Crippen LogP contribution in [0, 0.1) is 41.4 Å². The Bertz CT molecular complexity index is 2340. The molecular formula is C68H128N12O12S. The zero-order chi connectivity index (χ0) is 71.7. The molecule has 0 aliphatic rings. The number of nitrogens with two attached hydrogens (primary N) is 1. The molecule has 0 heterocycles. The summed E-state index contributed by atoms with van der Waals surface area (Å²) in [5, 5.41) is 23.3. The van der Waals surface area contributed by atoms with Gasteiger partial charge in [0.05, 0.1) is 6.54 Å². The summed E-state index contributed by atoms with van der Waals surface area (Å²) in [4.78, 5) is 164. The second-order valence-electron chi connectivity index (χ2n) is 28.1. The number of carbonyl (C=O) groups is 11. The van der Waals surface area contributed by atoms with Crippen molar-refractivity contribution in [1.29, 1.82) is 0 Å². The van der Waals surface area contributed by atoms with Crippen LogP contribution in [0.3, 0.4) is 0 Å². The molecule has 0 aliphatic carbocycles. The number of likely N-dealkylation sites (N-methyl/N-ethyl adjacent to an activating group) is 7. The SMILES string of the molecule is CC[C@H](NC(=O)C(C[C@H](C)CCCCCCN)N(C)C(=O)CC(C)C)C(=O)N(C)[C@H](CSCCCCO)C(=O)N(C)[C@@H](CC(C)C)C(=O)N[C@H](C(=O)N(C)[C@@H](CC(C)C)C(=O)N[C@H](C)C(=O)NCC(=O)N(C)[C@@H](CC(C)C)C(=O)N(C)[C@@H](CC(C)C)C(=O)NC)C(C)C. The number of unbranched alkanes of at least 4 members (excludes halogenated alkanes) is 4. The van der Waals surface area contributed by atoms with Crippen LogP contribution in [0.25, 0.3) is 0 Å². The van der Waals surface area contributed by atoms with E-state index >= 15 is 4.79 Å². The minimum absolute atomic E-state index is 0.0153. The van der Waals surface area contributed by atoms with Gasteiger partial charge in [-0.1, -0.05) is 123 Å². The monoisotopic (exact) mass is 1340 g/mol. The minimum atomic E-state index is -1.20. The summed E-state index contributed by atoms with van der Waals surface area (Å²) < 4.78 is 0. The van der Waals surface area contributed by atoms with Crippen LogP contribution in [-0.4, -0.2) is 234 Å². The summed E-state index contributed by atoms with van der Waals surface area (Å²) in [5.74, 6) is -5.64. The van der Waals surface area contributed by atoms with Crippen molar-refractivity contribution in [2.75, 3.05) is 80.5 Å². The van der Waals surface area contributed by atoms with Gasteiger partial charge in [-0.05, 0) is 118 Å². The lowest BCUT2D eigenvalue weighted by atomic mass is 9.93. The van der Waals surface area contributed by atoms with Crippen LogP contribution < -0.4 is 32.3 Å². The molecule has 0 aliphatic heterocycles. The first-order valence-corrected chi connectivity index (χ1v) is 35.4. The summed E-state index contributed by atoms with van der Waals surface area (Å²) in [5.41, 5.74) is 5.70. The third-order valence-corrected chi connectivity index (χ3v) is 18.2. The highest BCUT2D eigenvalue weighted by molar-refractivity contribution is 7.99. The normalized spacial score (nSPS) is 14.9. The number of carbonyl (C=O) groups excluding carboxylic acids is 11. The highest BCUT2D eigenvalue weighted by atomic mass is 32.2. The number of hydrogen-bond acceptors (Lipinski definition) is 14. The Balaban J connectivity index is 6.90. The number of nitrogens with zero attached hydrogens (tertiary/aromatic N) is 6. The van der Waals surface area contributed by atoms with E-state index in [1.54, 1.807) is 34.9 Å². The second kappa shape index (κ2) is 45.0. The Morgan fingerprint density at radius 1 is 0.452 bits per heavy atom. The highest BCUT2D eigenvalue weighted by Crippen LogP contribution is 2.24. The molecule has 0 rings (SSSR count). The fraction of sp³-hybridized carbons (Fsp3) is 0.838. The first-order valence-electron chi connectivity index (χ1n) is 34.2. The van der Waals surface area contributed by atoms with E-state index in [-0.39, 0.29) is 91.8 Å². The van der Waals surface area contributed by atoms with Crippen molar-refractivity contribution in [2.45, 2.75) is 248 Å². The molecule has 0 fully saturated rings. The summed E-state index contributed by atoms with van der Waals surface area (Å²) in [6.45, 7) is 27.9. The minimum Gasteiger partial charge on any atom is -0.396 e. The van der Waals surface area contributed by atoms with E-state index in [1.807, 2.05) is 69.2 Å². The average Bonchev–Trinajstić information content (AvgIpc) is 0.851. The molecule has 0 aromatic carbocycles. The van der Waals surface area contributed by atoms with Gasteiger partial charge in [0.15, 0.2) is 0 Å². The van der Waals surface area contributed by atoms with Crippen LogP contribution >= 0.6 is 11.8 Å². The summed E-state index contributed by atoms with van der Waals surface area (Å²) in [7, 11) is 10.6. The third kappa shape index (κ3) is 30.8. The molecule has 1 unspecified atom stereocenters. The molecule has 0 bridgehead atoms. The van der Waals surface area contributed by atoms with Gasteiger partial charge < -0.3 is 66.8 Å². The van der Waals surface area contributed by atoms with Gasteiger partial charge in [-0.25, -0.2) is 0 Å². The number of thioether (sulfide) groups is 1. The van der Waals surface area contributed by atoms with Gasteiger partial charge in [-0.15, -0.1) is 0 Å². The van der Waals surface area contributed by atoms with Gasteiger partial charge in [0.1, 0.15) is 54.4 Å². The molecular weight excluding hydrogens is 1210 g/mol. The smallest absolute Gasteiger partial charge is 0.246 e. The van der Waals surface area contributed by atoms with Crippen LogP contribution in [0.1, 0.15) is 194 Å². The predicted molar refractivity (Wildman–Crippen MR) is 370 cm³/mol. The van der Waals surface area contributed by atoms with Gasteiger partial charge in [0.25, 0.3) is 0 Å². The van der Waals surface area contributed by atoms with Crippen molar-refractivity contribution in [3.8, 4) is 0 Å². The molecule has 0 saturated carbocycles. The quantitative estimate of drug-likeness (QED) is 0.0394. The lowest BCUT2D eigenvalue weighted by molar-refractivity contribution is -0.149. The first-order chi connectivity index (χ1) is 43.4. The van der Waals surface area contributed by atoms with E-state index in [1.165, 1.54) is 83.3 Å². The fourth-order valence-electron chi connectivity index (χ4n) is 11.1. The molecule has 8 N–H and O–H groups in total. The Morgan fingerprint density at radius 3 is 1.37 bits per heavy atom. The zero-order valence-corrected chi connectivity index (χ0v) is 62.1. The lowest BCUT2D eigenvalue weighted by Gasteiger charge is -2.38. The molecule has 93 heavy (non-hydrogen) atoms. The molecule has 25 heteroatoms. The van der Waals surface area contributed by atoms with E-state index in [2.05, 4.69) is 33.5 Å². The maximum absolute atomic E-state index is 15.1. The Kier molecular flexibility index (Phi) is 42.3. The summed E-state index contributed by atoms with van der Waals surface area (Å²) in [6, 6.07) is -9.46. The van der Waals surface area contributed by atoms with E-state index in [9.17, 15) is 53.1 Å². The number of hydrogen-bond donors (Lipinski definition) is 7. The van der Waals surface area contributed by atoms with Crippen LogP contribution in [0.15, 0.2) is 0 Å². The number of aliphatic hydroxyl groups is 1. The van der Waals surface area contributed by atoms with Crippen molar-refractivity contribution < 1.29 is 57.8 Å². The van der Waals surface area contributed by atoms with Crippen molar-refractivity contribution in [2.24, 2.45) is 47.2 Å². The second-order valence-corrected chi connectivity index (χ2v) is 29.3. The molecule has 0 spiro atoms. The Morgan fingerprint density at radius 2 is 0.892 bits per heavy atom. The molecule has 0 aromatic rings. The number of rotatable bonds is 46. The zero-order valence-electron chi connectivity index (χ0n) is 61.3. The van der Waals surface area contributed by atoms with E-state index < -0.39 is 120 Å². The van der Waals surface area contributed by atoms with Crippen molar-refractivity contribution in [3.63, 3.8) is 0 Å². The van der Waals surface area contributed by atoms with Crippen molar-refractivity contribution >= 4 is 76.7 Å². The molecule has 24 nitrogen and oxygen atoms in total. The van der Waals surface area contributed by atoms with Crippen LogP contribution in [-0.2, 0) is 52.7 Å². The highest BCUT2D eigenvalue weighted by Gasteiger charge is 2.42. The first kappa shape index (κ1) is 87.4. The predicted octanol–water partition coefficient (Wildman–Crippen LogP) is 5.02. The number of nitrogens with one attached hydrogen (secondary N) is 5. The molecule has 538 valence electrons. The van der Waals surface area contributed by atoms with Crippen LogP contribution in [0.4, 0.5) is 0 Å². The molecule has 10 atom stereocenters. The molecule has 11 amide bonds. The van der Waals surface area contributed by atoms with Gasteiger partial charge in [0.2, 0.25) is 65.0 Å². The Labute approximate surface area is 564 Å². The number of amides is 11. The van der Waals surface area contributed by atoms with Crippen LogP contribution in [0.5, 0.6) is 0 Å². The average molecular weight is 1340 g/mol. The maximum atomic E-state index is 15.1. The molecule has 0 radical (unpaired) electrons. The lowest BCUT2D eigenvalue weighted by Crippen LogP contribution is -2.61. The molecule has 0 aromatic heterocycles. The van der Waals surface area contributed by atoms with Gasteiger partial charge in [-0.2, -0.15) is 11.8 Å². The maximum Gasteiger partial charge on any atom is 0.246 e. The van der Waals surface area contributed by atoms with Gasteiger partial charge in [0, 0.05) is 68.1 Å². The topological polar surface area (TPSA) is 314 Å². The number of aliphatic hydroxyl groups excluding tert-OH is 1. The van der Waals surface area contributed by atoms with Crippen molar-refractivity contribution in [3.05, 3.63) is 0 Å². The van der Waals surface area contributed by atoms with Gasteiger partial charge in [-0.3, -0.25) is 52.7 Å². The Hall–Kier alpha value is -5.56.